The van der Waals surface area contributed by atoms with Crippen molar-refractivity contribution in [3.63, 3.8) is 0 Å². The Labute approximate surface area is 238 Å². The molecule has 38 heavy (non-hydrogen) atoms. The summed E-state index contributed by atoms with van der Waals surface area (Å²) in [5.74, 6) is -1.16. The highest BCUT2D eigenvalue weighted by Gasteiger charge is 2.56. The Kier molecular flexibility index (Phi) is 6.86. The summed E-state index contributed by atoms with van der Waals surface area (Å²) >= 11 is 15.9. The van der Waals surface area contributed by atoms with Gasteiger partial charge >= 0.3 is 0 Å². The first-order valence-electron chi connectivity index (χ1n) is 12.0. The molecule has 0 radical (unpaired) electrons. The zero-order valence-electron chi connectivity index (χ0n) is 20.7. The van der Waals surface area contributed by atoms with Crippen LogP contribution in [0.25, 0.3) is 0 Å². The zero-order valence-corrected chi connectivity index (χ0v) is 23.8. The summed E-state index contributed by atoms with van der Waals surface area (Å²) in [5, 5.41) is 21.4. The van der Waals surface area contributed by atoms with Crippen LogP contribution in [0.3, 0.4) is 0 Å². The van der Waals surface area contributed by atoms with Crippen LogP contribution < -0.4 is 0 Å². The van der Waals surface area contributed by atoms with Crippen molar-refractivity contribution in [3.05, 3.63) is 103 Å². The summed E-state index contributed by atoms with van der Waals surface area (Å²) in [4.78, 5) is 15.6. The van der Waals surface area contributed by atoms with Crippen LogP contribution in [0.5, 0.6) is 0 Å². The molecule has 5 rings (SSSR count). The van der Waals surface area contributed by atoms with Crippen LogP contribution in [0.2, 0.25) is 10.0 Å². The van der Waals surface area contributed by atoms with Gasteiger partial charge in [-0.25, -0.2) is 4.39 Å². The Morgan fingerprint density at radius 1 is 1.13 bits per heavy atom. The van der Waals surface area contributed by atoms with E-state index in [2.05, 4.69) is 22.0 Å². The van der Waals surface area contributed by atoms with Gasteiger partial charge in [-0.2, -0.15) is 5.26 Å². The van der Waals surface area contributed by atoms with Gasteiger partial charge < -0.3 is 9.84 Å². The maximum absolute atomic E-state index is 16.2. The van der Waals surface area contributed by atoms with Crippen molar-refractivity contribution >= 4 is 45.0 Å². The second-order valence-corrected chi connectivity index (χ2v) is 12.1. The molecule has 0 bridgehead atoms. The maximum atomic E-state index is 16.2. The third-order valence-corrected chi connectivity index (χ3v) is 8.44. The van der Waals surface area contributed by atoms with E-state index in [0.717, 1.165) is 5.56 Å². The molecule has 1 amide bonds. The summed E-state index contributed by atoms with van der Waals surface area (Å²) in [6.07, 6.45) is 1.31. The van der Waals surface area contributed by atoms with Gasteiger partial charge in [0.25, 0.3) is 5.91 Å². The molecule has 1 heterocycles. The summed E-state index contributed by atoms with van der Waals surface area (Å²) < 4.78 is 23.4. The molecule has 1 N–H and O–H groups in total. The third-order valence-electron chi connectivity index (χ3n) is 7.22. The molecule has 0 saturated heterocycles. The standard InChI is InChI=1S/C29H24BrCl2FN2O3/c1-27(2,37)19-11-22-25(24(33)12-19)29(18-4-7-20(31)8-5-18,38-16-28(15-34)9-10-28)35(26(22)36)14-17-3-6-21(32)13-23(17)30/h3-8,11-13,37H,9-10,14,16H2,1-2H3/t29-/m1/s1. The fourth-order valence-corrected chi connectivity index (χ4v) is 5.73. The van der Waals surface area contributed by atoms with Gasteiger partial charge in [-0.15, -0.1) is 0 Å². The zero-order chi connectivity index (χ0) is 27.5. The number of ether oxygens (including phenoxy) is 1. The van der Waals surface area contributed by atoms with Crippen LogP contribution in [-0.2, 0) is 22.6 Å². The van der Waals surface area contributed by atoms with Gasteiger partial charge in [-0.05, 0) is 74.2 Å². The molecule has 9 heteroatoms. The molecule has 1 atom stereocenters. The van der Waals surface area contributed by atoms with Crippen molar-refractivity contribution in [1.29, 1.82) is 5.26 Å². The lowest BCUT2D eigenvalue weighted by molar-refractivity contribution is -0.122. The van der Waals surface area contributed by atoms with Gasteiger partial charge in [0, 0.05) is 20.1 Å². The SMILES string of the molecule is CC(C)(O)c1cc(F)c2c(c1)C(=O)N(Cc1ccc(Cl)cc1Br)[C@@]2(OCC1(C#N)CC1)c1ccc(Cl)cc1. The highest BCUT2D eigenvalue weighted by molar-refractivity contribution is 9.10. The molecule has 1 saturated carbocycles. The molecule has 1 aliphatic heterocycles. The largest absolute Gasteiger partial charge is 0.386 e. The Hall–Kier alpha value is -2.47. The van der Waals surface area contributed by atoms with Crippen LogP contribution in [0.1, 0.15) is 59.3 Å². The number of carbonyl (C=O) groups excluding carboxylic acids is 1. The molecular formula is C29H24BrCl2FN2O3. The summed E-state index contributed by atoms with van der Waals surface area (Å²) in [7, 11) is 0. The average molecular weight is 618 g/mol. The van der Waals surface area contributed by atoms with Gasteiger partial charge in [0.1, 0.15) is 5.82 Å². The normalized spacial score (nSPS) is 19.8. The first-order valence-corrected chi connectivity index (χ1v) is 13.6. The summed E-state index contributed by atoms with van der Waals surface area (Å²) in [5.41, 5.74) is -2.17. The molecule has 5 nitrogen and oxygen atoms in total. The number of amides is 1. The van der Waals surface area contributed by atoms with Crippen LogP contribution >= 0.6 is 39.1 Å². The van der Waals surface area contributed by atoms with E-state index in [-0.39, 0.29) is 29.8 Å². The van der Waals surface area contributed by atoms with Crippen LogP contribution in [-0.4, -0.2) is 22.5 Å². The highest BCUT2D eigenvalue weighted by atomic mass is 79.9. The Bertz CT molecular complexity index is 1480. The molecule has 0 unspecified atom stereocenters. The number of benzene rings is 3. The van der Waals surface area contributed by atoms with E-state index in [9.17, 15) is 15.2 Å². The molecule has 1 aliphatic carbocycles. The number of rotatable bonds is 7. The lowest BCUT2D eigenvalue weighted by atomic mass is 9.88. The molecule has 2 aliphatic rings. The Morgan fingerprint density at radius 2 is 1.79 bits per heavy atom. The van der Waals surface area contributed by atoms with Crippen LogP contribution in [0.15, 0.2) is 59.1 Å². The molecular weight excluding hydrogens is 594 g/mol. The topological polar surface area (TPSA) is 73.6 Å². The number of carbonyl (C=O) groups is 1. The van der Waals surface area contributed by atoms with Crippen molar-refractivity contribution in [2.75, 3.05) is 6.61 Å². The molecule has 196 valence electrons. The summed E-state index contributed by atoms with van der Waals surface area (Å²) in [6.45, 7) is 3.11. The highest BCUT2D eigenvalue weighted by Crippen LogP contribution is 2.52. The predicted octanol–water partition coefficient (Wildman–Crippen LogP) is 7.30. The maximum Gasteiger partial charge on any atom is 0.257 e. The van der Waals surface area contributed by atoms with Crippen molar-refractivity contribution < 1.29 is 19.0 Å². The number of halogens is 4. The van der Waals surface area contributed by atoms with Crippen LogP contribution in [0.4, 0.5) is 4.39 Å². The molecule has 3 aromatic carbocycles. The minimum Gasteiger partial charge on any atom is -0.386 e. The molecule has 0 aromatic heterocycles. The Morgan fingerprint density at radius 3 is 2.37 bits per heavy atom. The van der Waals surface area contributed by atoms with Gasteiger partial charge in [-0.3, -0.25) is 9.69 Å². The number of nitriles is 1. The fourth-order valence-electron chi connectivity index (χ4n) is 4.79. The van der Waals surface area contributed by atoms with Crippen molar-refractivity contribution in [3.8, 4) is 6.07 Å². The number of hydrogen-bond acceptors (Lipinski definition) is 4. The van der Waals surface area contributed by atoms with E-state index >= 15 is 4.39 Å². The van der Waals surface area contributed by atoms with E-state index in [1.54, 1.807) is 42.5 Å². The monoisotopic (exact) mass is 616 g/mol. The molecule has 3 aromatic rings. The van der Waals surface area contributed by atoms with E-state index in [1.807, 2.05) is 0 Å². The lowest BCUT2D eigenvalue weighted by Crippen LogP contribution is -2.47. The minimum atomic E-state index is -1.69. The lowest BCUT2D eigenvalue weighted by Gasteiger charge is -2.40. The minimum absolute atomic E-state index is 0.00379. The van der Waals surface area contributed by atoms with Crippen LogP contribution in [0, 0.1) is 22.6 Å². The van der Waals surface area contributed by atoms with Crippen molar-refractivity contribution in [1.82, 2.24) is 4.90 Å². The average Bonchev–Trinajstić information content (AvgIpc) is 3.60. The first kappa shape index (κ1) is 27.1. The van der Waals surface area contributed by atoms with E-state index in [1.165, 1.54) is 30.9 Å². The first-order chi connectivity index (χ1) is 17.9. The third kappa shape index (κ3) is 4.63. The number of aliphatic hydroxyl groups is 1. The molecule has 0 spiro atoms. The van der Waals surface area contributed by atoms with E-state index in [4.69, 9.17) is 27.9 Å². The smallest absolute Gasteiger partial charge is 0.257 e. The fraction of sp³-hybridized carbons (Fsp3) is 0.310. The number of hydrogen-bond donors (Lipinski definition) is 1. The van der Waals surface area contributed by atoms with Gasteiger partial charge in [0.2, 0.25) is 0 Å². The second-order valence-electron chi connectivity index (χ2n) is 10.4. The van der Waals surface area contributed by atoms with Gasteiger partial charge in [0.15, 0.2) is 5.72 Å². The summed E-state index contributed by atoms with van der Waals surface area (Å²) in [6, 6.07) is 17.0. The second kappa shape index (κ2) is 9.62. The quantitative estimate of drug-likeness (QED) is 0.302. The Balaban J connectivity index is 1.76. The van der Waals surface area contributed by atoms with Gasteiger partial charge in [-0.1, -0.05) is 57.3 Å². The van der Waals surface area contributed by atoms with E-state index in [0.29, 0.717) is 32.9 Å². The van der Waals surface area contributed by atoms with Crippen molar-refractivity contribution in [2.24, 2.45) is 5.41 Å². The number of nitrogens with zero attached hydrogens (tertiary/aromatic N) is 2. The number of fused-ring (bicyclic) bond motifs is 1. The van der Waals surface area contributed by atoms with E-state index < -0.39 is 28.5 Å². The van der Waals surface area contributed by atoms with Gasteiger partial charge in [0.05, 0.1) is 41.4 Å². The predicted molar refractivity (Wildman–Crippen MR) is 146 cm³/mol. The van der Waals surface area contributed by atoms with Crippen molar-refractivity contribution in [2.45, 2.75) is 44.6 Å². The molecule has 1 fully saturated rings.